The van der Waals surface area contributed by atoms with Gasteiger partial charge in [0.2, 0.25) is 0 Å². The third-order valence-electron chi connectivity index (χ3n) is 3.46. The quantitative estimate of drug-likeness (QED) is 0.734. The van der Waals surface area contributed by atoms with E-state index in [1.165, 1.54) is 29.8 Å². The van der Waals surface area contributed by atoms with Gasteiger partial charge in [-0.1, -0.05) is 18.2 Å². The van der Waals surface area contributed by atoms with Gasteiger partial charge in [-0.2, -0.15) is 0 Å². The van der Waals surface area contributed by atoms with Crippen LogP contribution in [0.2, 0.25) is 0 Å². The van der Waals surface area contributed by atoms with E-state index >= 15 is 0 Å². The first-order valence-electron chi connectivity index (χ1n) is 6.23. The molecular formula is C14H22N2. The maximum atomic E-state index is 3.53. The number of aryl methyl sites for hydroxylation is 2. The van der Waals surface area contributed by atoms with Gasteiger partial charge in [0.1, 0.15) is 0 Å². The van der Waals surface area contributed by atoms with Crippen LogP contribution in [0.15, 0.2) is 18.2 Å². The number of rotatable bonds is 5. The summed E-state index contributed by atoms with van der Waals surface area (Å²) in [5.74, 6) is 0.861. The Morgan fingerprint density at radius 2 is 2.06 bits per heavy atom. The molecule has 0 radical (unpaired) electrons. The van der Waals surface area contributed by atoms with Crippen LogP contribution in [0, 0.1) is 19.8 Å². The van der Waals surface area contributed by atoms with Gasteiger partial charge in [-0.15, -0.1) is 0 Å². The molecule has 1 aromatic rings. The topological polar surface area (TPSA) is 24.1 Å². The summed E-state index contributed by atoms with van der Waals surface area (Å²) >= 11 is 0. The summed E-state index contributed by atoms with van der Waals surface area (Å²) in [5, 5.41) is 6.82. The molecule has 0 saturated carbocycles. The predicted octanol–water partition coefficient (Wildman–Crippen LogP) is 1.65. The second-order valence-electron chi connectivity index (χ2n) is 4.90. The summed E-state index contributed by atoms with van der Waals surface area (Å²) in [6.07, 6.45) is 1.14. The lowest BCUT2D eigenvalue weighted by Gasteiger charge is -2.27. The fraction of sp³-hybridized carbons (Fsp3) is 0.571. The van der Waals surface area contributed by atoms with Crippen molar-refractivity contribution in [1.29, 1.82) is 0 Å². The molecule has 16 heavy (non-hydrogen) atoms. The summed E-state index contributed by atoms with van der Waals surface area (Å²) in [4.78, 5) is 0. The van der Waals surface area contributed by atoms with Gasteiger partial charge in [-0.3, -0.25) is 0 Å². The van der Waals surface area contributed by atoms with Crippen LogP contribution in [0.1, 0.15) is 16.7 Å². The van der Waals surface area contributed by atoms with Crippen molar-refractivity contribution >= 4 is 0 Å². The highest BCUT2D eigenvalue weighted by atomic mass is 15.0. The molecule has 0 atom stereocenters. The Morgan fingerprint density at radius 3 is 2.69 bits per heavy atom. The molecule has 2 heteroatoms. The first-order valence-corrected chi connectivity index (χ1v) is 6.23. The van der Waals surface area contributed by atoms with Gasteiger partial charge in [0.05, 0.1) is 0 Å². The van der Waals surface area contributed by atoms with E-state index in [0.717, 1.165) is 25.4 Å². The lowest BCUT2D eigenvalue weighted by atomic mass is 10.0. The monoisotopic (exact) mass is 218 g/mol. The van der Waals surface area contributed by atoms with E-state index in [1.807, 2.05) is 0 Å². The molecule has 1 aromatic carbocycles. The summed E-state index contributed by atoms with van der Waals surface area (Å²) in [7, 11) is 0. The molecule has 0 aliphatic carbocycles. The molecule has 88 valence electrons. The summed E-state index contributed by atoms with van der Waals surface area (Å²) in [6, 6.07) is 6.78. The summed E-state index contributed by atoms with van der Waals surface area (Å²) < 4.78 is 0. The van der Waals surface area contributed by atoms with Crippen molar-refractivity contribution in [1.82, 2.24) is 10.6 Å². The lowest BCUT2D eigenvalue weighted by molar-refractivity contribution is 0.333. The summed E-state index contributed by atoms with van der Waals surface area (Å²) in [5.41, 5.74) is 4.24. The maximum Gasteiger partial charge on any atom is 0.000394 e. The molecule has 2 rings (SSSR count). The maximum absolute atomic E-state index is 3.53. The fourth-order valence-electron chi connectivity index (χ4n) is 1.99. The van der Waals surface area contributed by atoms with E-state index in [1.54, 1.807) is 0 Å². The smallest absolute Gasteiger partial charge is 0.000394 e. The zero-order valence-corrected chi connectivity index (χ0v) is 10.3. The minimum atomic E-state index is 0.861. The van der Waals surface area contributed by atoms with Crippen LogP contribution in [-0.2, 0) is 6.42 Å². The van der Waals surface area contributed by atoms with Crippen LogP contribution < -0.4 is 10.6 Å². The molecule has 0 amide bonds. The average Bonchev–Trinajstić information content (AvgIpc) is 2.20. The fourth-order valence-corrected chi connectivity index (χ4v) is 1.99. The highest BCUT2D eigenvalue weighted by molar-refractivity contribution is 5.29. The number of nitrogens with one attached hydrogen (secondary N) is 2. The molecule has 1 saturated heterocycles. The van der Waals surface area contributed by atoms with E-state index in [9.17, 15) is 0 Å². The van der Waals surface area contributed by atoms with Gasteiger partial charge in [-0.25, -0.2) is 0 Å². The van der Waals surface area contributed by atoms with Crippen molar-refractivity contribution in [2.75, 3.05) is 26.2 Å². The normalized spacial score (nSPS) is 16.1. The lowest BCUT2D eigenvalue weighted by Crippen LogP contribution is -2.47. The van der Waals surface area contributed by atoms with Gasteiger partial charge in [0.15, 0.2) is 0 Å². The minimum absolute atomic E-state index is 0.861. The van der Waals surface area contributed by atoms with Gasteiger partial charge in [0.25, 0.3) is 0 Å². The molecule has 0 aromatic heterocycles. The van der Waals surface area contributed by atoms with E-state index < -0.39 is 0 Å². The first-order chi connectivity index (χ1) is 7.75. The molecule has 1 aliphatic heterocycles. The van der Waals surface area contributed by atoms with Gasteiger partial charge in [-0.05, 0) is 49.4 Å². The minimum Gasteiger partial charge on any atom is -0.316 e. The van der Waals surface area contributed by atoms with E-state index in [0.29, 0.717) is 0 Å². The van der Waals surface area contributed by atoms with Gasteiger partial charge in [0, 0.05) is 19.6 Å². The Kier molecular flexibility index (Phi) is 3.97. The Bertz CT molecular complexity index is 343. The van der Waals surface area contributed by atoms with E-state index in [4.69, 9.17) is 0 Å². The van der Waals surface area contributed by atoms with E-state index in [-0.39, 0.29) is 0 Å². The molecule has 0 spiro atoms. The van der Waals surface area contributed by atoms with Crippen LogP contribution in [-0.4, -0.2) is 26.2 Å². The third kappa shape index (κ3) is 3.06. The second-order valence-corrected chi connectivity index (χ2v) is 4.90. The van der Waals surface area contributed by atoms with Crippen LogP contribution in [0.3, 0.4) is 0 Å². The molecule has 2 N–H and O–H groups in total. The standard InChI is InChI=1S/C14H22N2/c1-11-3-4-13(7-12(11)2)5-6-15-8-14-9-16-10-14/h3-4,7,14-16H,5-6,8-10H2,1-2H3. The molecule has 0 bridgehead atoms. The van der Waals surface area contributed by atoms with Crippen LogP contribution >= 0.6 is 0 Å². The van der Waals surface area contributed by atoms with Gasteiger partial charge >= 0.3 is 0 Å². The number of hydrogen-bond donors (Lipinski definition) is 2. The van der Waals surface area contributed by atoms with E-state index in [2.05, 4.69) is 42.7 Å². The van der Waals surface area contributed by atoms with Crippen LogP contribution in [0.5, 0.6) is 0 Å². The molecule has 2 nitrogen and oxygen atoms in total. The third-order valence-corrected chi connectivity index (χ3v) is 3.46. The number of hydrogen-bond acceptors (Lipinski definition) is 2. The molecule has 1 heterocycles. The largest absolute Gasteiger partial charge is 0.316 e. The van der Waals surface area contributed by atoms with Crippen molar-refractivity contribution in [3.05, 3.63) is 34.9 Å². The zero-order chi connectivity index (χ0) is 11.4. The average molecular weight is 218 g/mol. The van der Waals surface area contributed by atoms with Crippen molar-refractivity contribution in [2.45, 2.75) is 20.3 Å². The highest BCUT2D eigenvalue weighted by Crippen LogP contribution is 2.10. The number of benzene rings is 1. The molecular weight excluding hydrogens is 196 g/mol. The molecule has 0 unspecified atom stereocenters. The molecule has 1 fully saturated rings. The second kappa shape index (κ2) is 5.46. The van der Waals surface area contributed by atoms with Gasteiger partial charge < -0.3 is 10.6 Å². The summed E-state index contributed by atoms with van der Waals surface area (Å²) in [6.45, 7) is 9.00. The van der Waals surface area contributed by atoms with Crippen molar-refractivity contribution in [3.8, 4) is 0 Å². The van der Waals surface area contributed by atoms with Crippen molar-refractivity contribution < 1.29 is 0 Å². The highest BCUT2D eigenvalue weighted by Gasteiger charge is 2.15. The van der Waals surface area contributed by atoms with Crippen molar-refractivity contribution in [2.24, 2.45) is 5.92 Å². The van der Waals surface area contributed by atoms with Crippen LogP contribution in [0.25, 0.3) is 0 Å². The first kappa shape index (κ1) is 11.6. The van der Waals surface area contributed by atoms with Crippen LogP contribution in [0.4, 0.5) is 0 Å². The van der Waals surface area contributed by atoms with Crippen molar-refractivity contribution in [3.63, 3.8) is 0 Å². The Morgan fingerprint density at radius 1 is 1.25 bits per heavy atom. The Balaban J connectivity index is 1.69. The SMILES string of the molecule is Cc1ccc(CCNCC2CNC2)cc1C. The molecule has 1 aliphatic rings. The Hall–Kier alpha value is -0.860. The zero-order valence-electron chi connectivity index (χ0n) is 10.3. The predicted molar refractivity (Wildman–Crippen MR) is 68.8 cm³/mol. The Labute approximate surface area is 98.4 Å².